The molecular weight excluding hydrogens is 471 g/mol. The van der Waals surface area contributed by atoms with Crippen LogP contribution >= 0.6 is 34.8 Å². The lowest BCUT2D eigenvalue weighted by Gasteiger charge is -2.14. The lowest BCUT2D eigenvalue weighted by molar-refractivity contribution is 0.102. The van der Waals surface area contributed by atoms with E-state index >= 15 is 0 Å². The number of carbonyl (C=O) groups excluding carboxylic acids is 1. The predicted octanol–water partition coefficient (Wildman–Crippen LogP) is 5.71. The number of halogens is 3. The number of ether oxygens (including phenoxy) is 1. The number of methoxy groups -OCH3 is 1. The van der Waals surface area contributed by atoms with Gasteiger partial charge in [-0.2, -0.15) is 0 Å². The number of sulfonamides is 1. The summed E-state index contributed by atoms with van der Waals surface area (Å²) >= 11 is 17.9. The molecule has 0 radical (unpaired) electrons. The molecule has 30 heavy (non-hydrogen) atoms. The van der Waals surface area contributed by atoms with Crippen LogP contribution in [0.2, 0.25) is 15.1 Å². The van der Waals surface area contributed by atoms with E-state index in [0.29, 0.717) is 15.6 Å². The van der Waals surface area contributed by atoms with Crippen molar-refractivity contribution in [1.82, 2.24) is 0 Å². The molecule has 0 unspecified atom stereocenters. The van der Waals surface area contributed by atoms with Crippen LogP contribution < -0.4 is 14.8 Å². The Kier molecular flexibility index (Phi) is 6.77. The fourth-order valence-corrected chi connectivity index (χ4v) is 4.24. The molecule has 0 saturated carbocycles. The Bertz CT molecular complexity index is 1220. The van der Waals surface area contributed by atoms with Crippen molar-refractivity contribution in [2.24, 2.45) is 0 Å². The SMILES string of the molecule is COc1ccc(S(=O)(=O)Nc2cc(Cl)ccc2Cl)cc1NC(=O)c1cccc(Cl)c1. The van der Waals surface area contributed by atoms with E-state index in [1.165, 1.54) is 43.5 Å². The topological polar surface area (TPSA) is 84.5 Å². The Morgan fingerprint density at radius 2 is 1.63 bits per heavy atom. The maximum absolute atomic E-state index is 12.8. The van der Waals surface area contributed by atoms with E-state index in [-0.39, 0.29) is 27.0 Å². The molecule has 0 spiro atoms. The molecule has 0 aliphatic rings. The van der Waals surface area contributed by atoms with Gasteiger partial charge in [0.25, 0.3) is 15.9 Å². The lowest BCUT2D eigenvalue weighted by Crippen LogP contribution is -2.16. The summed E-state index contributed by atoms with van der Waals surface area (Å²) in [6.45, 7) is 0. The molecule has 156 valence electrons. The third-order valence-electron chi connectivity index (χ3n) is 3.99. The van der Waals surface area contributed by atoms with Gasteiger partial charge in [0.1, 0.15) is 5.75 Å². The van der Waals surface area contributed by atoms with Crippen molar-refractivity contribution in [2.45, 2.75) is 4.90 Å². The molecule has 0 saturated heterocycles. The van der Waals surface area contributed by atoms with Gasteiger partial charge in [-0.05, 0) is 54.6 Å². The first kappa shape index (κ1) is 22.2. The maximum atomic E-state index is 12.8. The minimum Gasteiger partial charge on any atom is -0.495 e. The average Bonchev–Trinajstić information content (AvgIpc) is 2.70. The van der Waals surface area contributed by atoms with E-state index in [9.17, 15) is 13.2 Å². The van der Waals surface area contributed by atoms with E-state index in [1.54, 1.807) is 24.3 Å². The Hall–Kier alpha value is -2.45. The predicted molar refractivity (Wildman–Crippen MR) is 120 cm³/mol. The molecule has 10 heteroatoms. The molecule has 1 amide bonds. The summed E-state index contributed by atoms with van der Waals surface area (Å²) in [5.41, 5.74) is 0.605. The highest BCUT2D eigenvalue weighted by atomic mass is 35.5. The van der Waals surface area contributed by atoms with Crippen LogP contribution in [0.3, 0.4) is 0 Å². The number of amides is 1. The first-order valence-electron chi connectivity index (χ1n) is 8.42. The number of benzene rings is 3. The van der Waals surface area contributed by atoms with Crippen molar-refractivity contribution in [1.29, 1.82) is 0 Å². The Labute approximate surface area is 188 Å². The van der Waals surface area contributed by atoms with E-state index in [4.69, 9.17) is 39.5 Å². The van der Waals surface area contributed by atoms with Gasteiger partial charge < -0.3 is 10.1 Å². The van der Waals surface area contributed by atoms with Crippen molar-refractivity contribution in [2.75, 3.05) is 17.1 Å². The fraction of sp³-hybridized carbons (Fsp3) is 0.0500. The molecule has 0 aromatic heterocycles. The molecule has 3 aromatic carbocycles. The van der Waals surface area contributed by atoms with Crippen LogP contribution in [0, 0.1) is 0 Å². The number of carbonyl (C=O) groups is 1. The highest BCUT2D eigenvalue weighted by Gasteiger charge is 2.19. The van der Waals surface area contributed by atoms with E-state index in [2.05, 4.69) is 10.0 Å². The maximum Gasteiger partial charge on any atom is 0.262 e. The highest BCUT2D eigenvalue weighted by molar-refractivity contribution is 7.92. The zero-order valence-electron chi connectivity index (χ0n) is 15.4. The molecule has 0 heterocycles. The van der Waals surface area contributed by atoms with Crippen LogP contribution in [0.4, 0.5) is 11.4 Å². The summed E-state index contributed by atoms with van der Waals surface area (Å²) in [7, 11) is -2.62. The second-order valence-corrected chi connectivity index (χ2v) is 9.02. The second kappa shape index (κ2) is 9.14. The molecule has 0 bridgehead atoms. The van der Waals surface area contributed by atoms with Gasteiger partial charge in [0.15, 0.2) is 0 Å². The molecule has 0 atom stereocenters. The molecule has 0 fully saturated rings. The van der Waals surface area contributed by atoms with E-state index < -0.39 is 15.9 Å². The summed E-state index contributed by atoms with van der Waals surface area (Å²) in [5, 5.41) is 3.54. The zero-order chi connectivity index (χ0) is 21.9. The van der Waals surface area contributed by atoms with Crippen LogP contribution in [0.1, 0.15) is 10.4 Å². The van der Waals surface area contributed by atoms with Crippen LogP contribution in [0.25, 0.3) is 0 Å². The number of anilines is 2. The number of nitrogens with one attached hydrogen (secondary N) is 2. The van der Waals surface area contributed by atoms with Crippen molar-refractivity contribution >= 4 is 62.1 Å². The highest BCUT2D eigenvalue weighted by Crippen LogP contribution is 2.31. The largest absolute Gasteiger partial charge is 0.495 e. The van der Waals surface area contributed by atoms with Gasteiger partial charge in [-0.3, -0.25) is 9.52 Å². The number of rotatable bonds is 6. The molecule has 6 nitrogen and oxygen atoms in total. The minimum atomic E-state index is -4.03. The third kappa shape index (κ3) is 5.17. The molecule has 3 rings (SSSR count). The second-order valence-electron chi connectivity index (χ2n) is 6.06. The number of hydrogen-bond acceptors (Lipinski definition) is 4. The van der Waals surface area contributed by atoms with Gasteiger partial charge in [0.05, 0.1) is 28.4 Å². The summed E-state index contributed by atoms with van der Waals surface area (Å²) in [6.07, 6.45) is 0. The molecule has 2 N–H and O–H groups in total. The van der Waals surface area contributed by atoms with E-state index in [1.807, 2.05) is 0 Å². The zero-order valence-corrected chi connectivity index (χ0v) is 18.5. The molecule has 3 aromatic rings. The van der Waals surface area contributed by atoms with Crippen molar-refractivity contribution in [3.05, 3.63) is 81.3 Å². The lowest BCUT2D eigenvalue weighted by atomic mass is 10.2. The molecule has 0 aliphatic carbocycles. The summed E-state index contributed by atoms with van der Waals surface area (Å²) in [4.78, 5) is 12.4. The summed E-state index contributed by atoms with van der Waals surface area (Å²) < 4.78 is 33.3. The van der Waals surface area contributed by atoms with Gasteiger partial charge in [0.2, 0.25) is 0 Å². The Morgan fingerprint density at radius 1 is 0.900 bits per heavy atom. The molecular formula is C20H15Cl3N2O4S. The Balaban J connectivity index is 1.93. The average molecular weight is 486 g/mol. The van der Waals surface area contributed by atoms with Crippen LogP contribution in [0.15, 0.2) is 65.6 Å². The van der Waals surface area contributed by atoms with E-state index in [0.717, 1.165) is 0 Å². The van der Waals surface area contributed by atoms with Crippen LogP contribution in [-0.2, 0) is 10.0 Å². The first-order valence-corrected chi connectivity index (χ1v) is 11.0. The van der Waals surface area contributed by atoms with Crippen LogP contribution in [-0.4, -0.2) is 21.4 Å². The van der Waals surface area contributed by atoms with Gasteiger partial charge in [-0.1, -0.05) is 40.9 Å². The smallest absolute Gasteiger partial charge is 0.262 e. The fourth-order valence-electron chi connectivity index (χ4n) is 2.56. The van der Waals surface area contributed by atoms with Gasteiger partial charge in [-0.15, -0.1) is 0 Å². The molecule has 0 aliphatic heterocycles. The quantitative estimate of drug-likeness (QED) is 0.468. The van der Waals surface area contributed by atoms with Crippen molar-refractivity contribution < 1.29 is 17.9 Å². The standard InChI is InChI=1S/C20H15Cl3N2O4S/c1-29-19-8-6-15(30(27,28)25-17-10-14(22)5-7-16(17)23)11-18(19)24-20(26)12-3-2-4-13(21)9-12/h2-11,25H,1H3,(H,24,26). The monoisotopic (exact) mass is 484 g/mol. The van der Waals surface area contributed by atoms with Gasteiger partial charge in [0, 0.05) is 15.6 Å². The van der Waals surface area contributed by atoms with Crippen molar-refractivity contribution in [3.8, 4) is 5.75 Å². The number of hydrogen-bond donors (Lipinski definition) is 2. The van der Waals surface area contributed by atoms with Gasteiger partial charge >= 0.3 is 0 Å². The Morgan fingerprint density at radius 3 is 2.33 bits per heavy atom. The van der Waals surface area contributed by atoms with Gasteiger partial charge in [-0.25, -0.2) is 8.42 Å². The summed E-state index contributed by atoms with van der Waals surface area (Å²) in [5.74, 6) is -0.193. The third-order valence-corrected chi connectivity index (χ3v) is 6.15. The van der Waals surface area contributed by atoms with Crippen molar-refractivity contribution in [3.63, 3.8) is 0 Å². The van der Waals surface area contributed by atoms with Crippen LogP contribution in [0.5, 0.6) is 5.75 Å². The normalized spacial score (nSPS) is 11.1. The summed E-state index contributed by atoms with van der Waals surface area (Å²) in [6, 6.07) is 14.8. The first-order chi connectivity index (χ1) is 14.2. The minimum absolute atomic E-state index is 0.110.